The van der Waals surface area contributed by atoms with E-state index in [1.54, 1.807) is 0 Å². The molecule has 322 valence electrons. The molecule has 23 heteroatoms. The predicted octanol–water partition coefficient (Wildman–Crippen LogP) is -3.28. The van der Waals surface area contributed by atoms with Gasteiger partial charge in [0.1, 0.15) is 24.2 Å². The van der Waals surface area contributed by atoms with E-state index in [2.05, 4.69) is 16.0 Å². The van der Waals surface area contributed by atoms with Gasteiger partial charge in [0, 0.05) is 19.3 Å². The maximum Gasteiger partial charge on any atom is 0.326 e. The summed E-state index contributed by atoms with van der Waals surface area (Å²) in [7, 11) is 0. The summed E-state index contributed by atoms with van der Waals surface area (Å²) in [5.41, 5.74) is 27.7. The van der Waals surface area contributed by atoms with Crippen LogP contribution in [0.15, 0.2) is 0 Å². The van der Waals surface area contributed by atoms with Gasteiger partial charge in [0.25, 0.3) is 0 Å². The SMILES string of the molecule is NC(CCC(=O)O)C(=O)NC(CCC(=O)O)C(=O)NC(CCC(=O)O)C(=O)O.NCCCCC(N)C(=O)NC(CCCCN)C(=O)NC(CCCCN)C(=O)O. The van der Waals surface area contributed by atoms with Gasteiger partial charge in [-0.05, 0) is 90.3 Å². The molecule has 0 aliphatic heterocycles. The molecule has 6 unspecified atom stereocenters. The largest absolute Gasteiger partial charge is 0.481 e. The zero-order chi connectivity index (χ0) is 43.2. The molecule has 0 aliphatic rings. The summed E-state index contributed by atoms with van der Waals surface area (Å²) in [4.78, 5) is 104. The average Bonchev–Trinajstić information content (AvgIpc) is 3.12. The van der Waals surface area contributed by atoms with Gasteiger partial charge in [-0.2, -0.15) is 0 Å². The first-order valence-electron chi connectivity index (χ1n) is 18.2. The Morgan fingerprint density at radius 2 is 0.661 bits per heavy atom. The van der Waals surface area contributed by atoms with Crippen LogP contribution in [0.2, 0.25) is 0 Å². The van der Waals surface area contributed by atoms with Crippen LogP contribution in [-0.2, 0) is 43.2 Å². The number of amides is 4. The van der Waals surface area contributed by atoms with E-state index in [4.69, 9.17) is 49.1 Å². The van der Waals surface area contributed by atoms with Crippen LogP contribution in [0.25, 0.3) is 0 Å². The third-order valence-electron chi connectivity index (χ3n) is 7.99. The predicted molar refractivity (Wildman–Crippen MR) is 198 cm³/mol. The summed E-state index contributed by atoms with van der Waals surface area (Å²) in [6.07, 6.45) is 2.67. The van der Waals surface area contributed by atoms with Crippen LogP contribution in [0.5, 0.6) is 0 Å². The average molecular weight is 808 g/mol. The molecule has 0 saturated carbocycles. The maximum absolute atomic E-state index is 12.6. The molecule has 0 aliphatic carbocycles. The molecular formula is C33H61N9O14. The van der Waals surface area contributed by atoms with Crippen LogP contribution >= 0.6 is 0 Å². The molecule has 0 aromatic rings. The van der Waals surface area contributed by atoms with Crippen LogP contribution in [0.1, 0.15) is 96.3 Å². The number of aliphatic carboxylic acids is 5. The van der Waals surface area contributed by atoms with Crippen LogP contribution in [0.3, 0.4) is 0 Å². The summed E-state index contributed by atoms with van der Waals surface area (Å²) in [6, 6.07) is -6.91. The molecule has 0 aromatic carbocycles. The topological polar surface area (TPSA) is 433 Å². The molecule has 4 amide bonds. The Labute approximate surface area is 324 Å². The van der Waals surface area contributed by atoms with Crippen LogP contribution in [0, 0.1) is 0 Å². The molecule has 0 saturated heterocycles. The van der Waals surface area contributed by atoms with Crippen molar-refractivity contribution in [1.82, 2.24) is 21.3 Å². The highest BCUT2D eigenvalue weighted by Crippen LogP contribution is 2.08. The lowest BCUT2D eigenvalue weighted by molar-refractivity contribution is -0.144. The number of carboxylic acids is 5. The molecule has 56 heavy (non-hydrogen) atoms. The van der Waals surface area contributed by atoms with Gasteiger partial charge in [0.15, 0.2) is 0 Å². The highest BCUT2D eigenvalue weighted by Gasteiger charge is 2.30. The van der Waals surface area contributed by atoms with Crippen LogP contribution in [-0.4, -0.2) is 135 Å². The number of rotatable bonds is 31. The fourth-order valence-corrected chi connectivity index (χ4v) is 4.73. The lowest BCUT2D eigenvalue weighted by atomic mass is 10.0. The van der Waals surface area contributed by atoms with E-state index in [1.165, 1.54) is 0 Å². The monoisotopic (exact) mass is 807 g/mol. The quantitative estimate of drug-likeness (QED) is 0.0305. The minimum absolute atomic E-state index is 0.231. The van der Waals surface area contributed by atoms with E-state index >= 15 is 0 Å². The van der Waals surface area contributed by atoms with E-state index in [9.17, 15) is 48.3 Å². The van der Waals surface area contributed by atoms with Gasteiger partial charge in [0.05, 0.1) is 12.1 Å². The minimum Gasteiger partial charge on any atom is -0.481 e. The number of carboxylic acid groups (broad SMARTS) is 5. The van der Waals surface area contributed by atoms with Gasteiger partial charge in [-0.1, -0.05) is 6.42 Å². The van der Waals surface area contributed by atoms with Crippen molar-refractivity contribution >= 4 is 53.5 Å². The number of hydrogen-bond donors (Lipinski definition) is 14. The molecular weight excluding hydrogens is 746 g/mol. The first kappa shape index (κ1) is 53.1. The number of nitrogens with two attached hydrogens (primary N) is 5. The highest BCUT2D eigenvalue weighted by molar-refractivity contribution is 5.93. The Balaban J connectivity index is 0. The van der Waals surface area contributed by atoms with Gasteiger partial charge in [-0.3, -0.25) is 33.6 Å². The summed E-state index contributed by atoms with van der Waals surface area (Å²) in [5.74, 6) is -9.26. The summed E-state index contributed by atoms with van der Waals surface area (Å²) < 4.78 is 0. The van der Waals surface area contributed by atoms with Crippen molar-refractivity contribution in [3.05, 3.63) is 0 Å². The number of hydrogen-bond acceptors (Lipinski definition) is 14. The zero-order valence-corrected chi connectivity index (χ0v) is 31.5. The summed E-state index contributed by atoms with van der Waals surface area (Å²) in [5, 5.41) is 53.7. The second kappa shape index (κ2) is 31.3. The number of carbonyl (C=O) groups excluding carboxylic acids is 4. The molecule has 0 heterocycles. The molecule has 0 aromatic heterocycles. The fourth-order valence-electron chi connectivity index (χ4n) is 4.73. The van der Waals surface area contributed by atoms with Crippen molar-refractivity contribution in [3.63, 3.8) is 0 Å². The Morgan fingerprint density at radius 3 is 1.04 bits per heavy atom. The first-order valence-corrected chi connectivity index (χ1v) is 18.2. The molecule has 0 spiro atoms. The Hall–Kier alpha value is -4.97. The Morgan fingerprint density at radius 1 is 0.375 bits per heavy atom. The smallest absolute Gasteiger partial charge is 0.326 e. The standard InChI is InChI=1S/C18H38N6O4.C15H23N3O10/c19-10-4-1-7-13(22)16(25)23-14(8-2-5-11-20)17(26)24-15(18(27)28)9-3-6-12-21;16-7(1-4-10(19)20)13(25)17-8(2-5-11(21)22)14(26)18-9(15(27)28)3-6-12(23)24/h13-15H,1-12,19-22H2,(H,23,25)(H,24,26)(H,27,28);7-9H,1-6,16H2,(H,17,25)(H,18,26)(H,19,20)(H,21,22)(H,23,24)(H,27,28). The van der Waals surface area contributed by atoms with Crippen LogP contribution < -0.4 is 49.9 Å². The van der Waals surface area contributed by atoms with Gasteiger partial charge in [0.2, 0.25) is 23.6 Å². The number of carbonyl (C=O) groups is 9. The first-order chi connectivity index (χ1) is 26.3. The van der Waals surface area contributed by atoms with Crippen molar-refractivity contribution in [1.29, 1.82) is 0 Å². The van der Waals surface area contributed by atoms with Gasteiger partial charge < -0.3 is 75.5 Å². The van der Waals surface area contributed by atoms with E-state index < -0.39 is 115 Å². The van der Waals surface area contributed by atoms with E-state index in [0.29, 0.717) is 58.2 Å². The van der Waals surface area contributed by atoms with Crippen molar-refractivity contribution in [3.8, 4) is 0 Å². The van der Waals surface area contributed by atoms with Crippen molar-refractivity contribution < 1.29 is 68.7 Å². The molecule has 0 bridgehead atoms. The van der Waals surface area contributed by atoms with E-state index in [-0.39, 0.29) is 19.3 Å². The van der Waals surface area contributed by atoms with Gasteiger partial charge in [-0.15, -0.1) is 0 Å². The van der Waals surface area contributed by atoms with E-state index in [1.807, 2.05) is 5.32 Å². The summed E-state index contributed by atoms with van der Waals surface area (Å²) >= 11 is 0. The van der Waals surface area contributed by atoms with Crippen molar-refractivity contribution in [2.45, 2.75) is 133 Å². The zero-order valence-electron chi connectivity index (χ0n) is 31.5. The Kier molecular flexibility index (Phi) is 29.7. The maximum atomic E-state index is 12.6. The number of unbranched alkanes of at least 4 members (excludes halogenated alkanes) is 3. The van der Waals surface area contributed by atoms with E-state index in [0.717, 1.165) is 12.8 Å². The summed E-state index contributed by atoms with van der Waals surface area (Å²) in [6.45, 7) is 1.46. The Bertz CT molecular complexity index is 1270. The molecule has 0 fully saturated rings. The minimum atomic E-state index is -1.56. The molecule has 6 atom stereocenters. The molecule has 19 N–H and O–H groups in total. The van der Waals surface area contributed by atoms with Crippen molar-refractivity contribution in [2.75, 3.05) is 19.6 Å². The lowest BCUT2D eigenvalue weighted by Crippen LogP contribution is -2.54. The van der Waals surface area contributed by atoms with Gasteiger partial charge in [-0.25, -0.2) is 9.59 Å². The second-order valence-electron chi connectivity index (χ2n) is 12.8. The number of nitrogens with one attached hydrogen (secondary N) is 4. The van der Waals surface area contributed by atoms with Gasteiger partial charge >= 0.3 is 29.8 Å². The molecule has 0 radical (unpaired) electrons. The fraction of sp³-hybridized carbons (Fsp3) is 0.727. The normalized spacial score (nSPS) is 13.9. The molecule has 0 rings (SSSR count). The lowest BCUT2D eigenvalue weighted by Gasteiger charge is -2.23. The third kappa shape index (κ3) is 26.7. The highest BCUT2D eigenvalue weighted by atomic mass is 16.4. The van der Waals surface area contributed by atoms with Crippen LogP contribution in [0.4, 0.5) is 0 Å². The third-order valence-corrected chi connectivity index (χ3v) is 7.99. The van der Waals surface area contributed by atoms with Crippen molar-refractivity contribution in [2.24, 2.45) is 28.7 Å². The molecule has 23 nitrogen and oxygen atoms in total. The second-order valence-corrected chi connectivity index (χ2v) is 12.8.